The number of nitrogens with zero attached hydrogens (tertiary/aromatic N) is 2. The van der Waals surface area contributed by atoms with Crippen molar-refractivity contribution in [2.24, 2.45) is 0 Å². The summed E-state index contributed by atoms with van der Waals surface area (Å²) >= 11 is 3.43. The van der Waals surface area contributed by atoms with Gasteiger partial charge in [0, 0.05) is 33.7 Å². The number of halogens is 1. The van der Waals surface area contributed by atoms with Crippen LogP contribution in [0.3, 0.4) is 0 Å². The summed E-state index contributed by atoms with van der Waals surface area (Å²) in [5, 5.41) is 19.6. The second-order valence-electron chi connectivity index (χ2n) is 6.07. The molecule has 0 spiro atoms. The van der Waals surface area contributed by atoms with Gasteiger partial charge in [0.1, 0.15) is 6.04 Å². The topological polar surface area (TPSA) is 82.8 Å². The Morgan fingerprint density at radius 2 is 1.92 bits per heavy atom. The third-order valence-corrected chi connectivity index (χ3v) is 4.97. The van der Waals surface area contributed by atoms with E-state index in [-0.39, 0.29) is 6.42 Å². The molecule has 0 unspecified atom stereocenters. The zero-order valence-electron chi connectivity index (χ0n) is 13.1. The summed E-state index contributed by atoms with van der Waals surface area (Å²) in [5.41, 5.74) is 1.59. The number of carbonyl (C=O) groups is 2. The maximum atomic E-state index is 11.9. The Bertz CT molecular complexity index is 780. The summed E-state index contributed by atoms with van der Waals surface area (Å²) < 4.78 is 2.72. The molecule has 3 rings (SSSR count). The van der Waals surface area contributed by atoms with Crippen LogP contribution in [0.2, 0.25) is 0 Å². The predicted octanol–water partition coefficient (Wildman–Crippen LogP) is 3.10. The van der Waals surface area contributed by atoms with Gasteiger partial charge in [0.15, 0.2) is 0 Å². The van der Waals surface area contributed by atoms with Crippen LogP contribution in [0.1, 0.15) is 30.9 Å². The summed E-state index contributed by atoms with van der Waals surface area (Å²) in [6.45, 7) is 1.86. The van der Waals surface area contributed by atoms with Crippen LogP contribution in [-0.4, -0.2) is 44.7 Å². The Kier molecular flexibility index (Phi) is 4.91. The van der Waals surface area contributed by atoms with Crippen LogP contribution in [-0.2, 0) is 16.1 Å². The summed E-state index contributed by atoms with van der Waals surface area (Å²) in [6.07, 6.45) is 3.81. The van der Waals surface area contributed by atoms with E-state index in [1.807, 2.05) is 27.7 Å². The minimum atomic E-state index is -0.872. The largest absolute Gasteiger partial charge is 0.481 e. The molecule has 24 heavy (non-hydrogen) atoms. The van der Waals surface area contributed by atoms with Crippen molar-refractivity contribution in [1.82, 2.24) is 9.47 Å². The monoisotopic (exact) mass is 394 g/mol. The van der Waals surface area contributed by atoms with Gasteiger partial charge in [-0.3, -0.25) is 14.5 Å². The zero-order valence-corrected chi connectivity index (χ0v) is 14.7. The first-order chi connectivity index (χ1) is 11.5. The van der Waals surface area contributed by atoms with E-state index < -0.39 is 18.0 Å². The minimum absolute atomic E-state index is 0.00279. The second-order valence-corrected chi connectivity index (χ2v) is 6.98. The molecule has 7 heteroatoms. The molecule has 1 saturated heterocycles. The summed E-state index contributed by atoms with van der Waals surface area (Å²) in [6, 6.07) is 5.00. The second kappa shape index (κ2) is 6.94. The van der Waals surface area contributed by atoms with Crippen molar-refractivity contribution in [2.75, 3.05) is 13.1 Å². The molecule has 2 heterocycles. The lowest BCUT2D eigenvalue weighted by atomic mass is 10.0. The molecule has 0 aliphatic carbocycles. The van der Waals surface area contributed by atoms with Crippen LogP contribution in [0.4, 0.5) is 0 Å². The van der Waals surface area contributed by atoms with E-state index >= 15 is 0 Å². The van der Waals surface area contributed by atoms with Gasteiger partial charge >= 0.3 is 11.9 Å². The van der Waals surface area contributed by atoms with E-state index in [4.69, 9.17) is 5.11 Å². The molecule has 1 aromatic carbocycles. The molecule has 6 nitrogen and oxygen atoms in total. The number of hydrogen-bond donors (Lipinski definition) is 2. The van der Waals surface area contributed by atoms with Gasteiger partial charge in [0.2, 0.25) is 0 Å². The Morgan fingerprint density at radius 1 is 1.21 bits per heavy atom. The Labute approximate surface area is 147 Å². The fourth-order valence-corrected chi connectivity index (χ4v) is 3.75. The molecule has 1 aliphatic rings. The van der Waals surface area contributed by atoms with Crippen LogP contribution in [0.15, 0.2) is 28.9 Å². The third kappa shape index (κ3) is 3.32. The number of aliphatic carboxylic acids is 2. The van der Waals surface area contributed by atoms with Gasteiger partial charge in [-0.25, -0.2) is 0 Å². The number of likely N-dealkylation sites (tertiary alicyclic amines) is 1. The molecule has 0 amide bonds. The van der Waals surface area contributed by atoms with Crippen LogP contribution < -0.4 is 0 Å². The first kappa shape index (κ1) is 17.0. The number of benzene rings is 1. The van der Waals surface area contributed by atoms with E-state index in [1.54, 1.807) is 6.20 Å². The number of carboxylic acids is 2. The fourth-order valence-electron chi connectivity index (χ4n) is 3.40. The summed E-state index contributed by atoms with van der Waals surface area (Å²) in [5.74, 6) is -1.74. The van der Waals surface area contributed by atoms with Crippen molar-refractivity contribution in [3.8, 4) is 0 Å². The Hall–Kier alpha value is -1.86. The molecule has 128 valence electrons. The van der Waals surface area contributed by atoms with Crippen molar-refractivity contribution in [3.63, 3.8) is 0 Å². The first-order valence-corrected chi connectivity index (χ1v) is 8.73. The van der Waals surface area contributed by atoms with Crippen LogP contribution in [0.5, 0.6) is 0 Å². The quantitative estimate of drug-likeness (QED) is 0.786. The van der Waals surface area contributed by atoms with Crippen molar-refractivity contribution < 1.29 is 19.8 Å². The molecule has 1 aromatic heterocycles. The lowest BCUT2D eigenvalue weighted by Gasteiger charge is -2.23. The smallest absolute Gasteiger partial charge is 0.325 e. The minimum Gasteiger partial charge on any atom is -0.481 e. The fraction of sp³-hybridized carbons (Fsp3) is 0.412. The molecular formula is C17H19BrN2O4. The van der Waals surface area contributed by atoms with Gasteiger partial charge in [-0.1, -0.05) is 22.0 Å². The standard InChI is InChI=1S/C17H19BrN2O4/c18-11-3-4-12-13(16(17(23)24)19-6-1-2-7-19)10-20(14(12)9-11)8-5-15(21)22/h3-4,9-10,16H,1-2,5-8H2,(H,21,22)(H,23,24)/t16-/m0/s1. The molecule has 0 saturated carbocycles. The van der Waals surface area contributed by atoms with Gasteiger partial charge in [-0.15, -0.1) is 0 Å². The van der Waals surface area contributed by atoms with Gasteiger partial charge in [0.05, 0.1) is 6.42 Å². The maximum Gasteiger partial charge on any atom is 0.325 e. The Morgan fingerprint density at radius 3 is 2.54 bits per heavy atom. The van der Waals surface area contributed by atoms with Crippen molar-refractivity contribution in [3.05, 3.63) is 34.4 Å². The molecule has 0 radical (unpaired) electrons. The molecule has 1 aliphatic heterocycles. The predicted molar refractivity (Wildman–Crippen MR) is 93.1 cm³/mol. The van der Waals surface area contributed by atoms with Gasteiger partial charge in [-0.05, 0) is 38.1 Å². The van der Waals surface area contributed by atoms with E-state index in [9.17, 15) is 14.7 Å². The number of carboxylic acid groups (broad SMARTS) is 2. The maximum absolute atomic E-state index is 11.9. The lowest BCUT2D eigenvalue weighted by molar-refractivity contribution is -0.143. The van der Waals surface area contributed by atoms with Crippen molar-refractivity contribution in [2.45, 2.75) is 31.8 Å². The summed E-state index contributed by atoms with van der Waals surface area (Å²) in [7, 11) is 0. The van der Waals surface area contributed by atoms with E-state index in [0.29, 0.717) is 6.54 Å². The van der Waals surface area contributed by atoms with Gasteiger partial charge in [0.25, 0.3) is 0 Å². The zero-order chi connectivity index (χ0) is 17.3. The highest BCUT2D eigenvalue weighted by molar-refractivity contribution is 9.10. The molecule has 2 N–H and O–H groups in total. The van der Waals surface area contributed by atoms with Crippen LogP contribution >= 0.6 is 15.9 Å². The number of rotatable bonds is 6. The number of hydrogen-bond acceptors (Lipinski definition) is 3. The van der Waals surface area contributed by atoms with Crippen molar-refractivity contribution in [1.29, 1.82) is 0 Å². The average molecular weight is 395 g/mol. The number of aryl methyl sites for hydroxylation is 1. The van der Waals surface area contributed by atoms with E-state index in [0.717, 1.165) is 46.9 Å². The lowest BCUT2D eigenvalue weighted by Crippen LogP contribution is -2.31. The number of aromatic nitrogens is 1. The highest BCUT2D eigenvalue weighted by atomic mass is 79.9. The SMILES string of the molecule is O=C(O)CCn1cc([C@@H](C(=O)O)N2CCCC2)c2ccc(Br)cc21. The molecule has 1 fully saturated rings. The number of fused-ring (bicyclic) bond motifs is 1. The van der Waals surface area contributed by atoms with E-state index in [2.05, 4.69) is 15.9 Å². The van der Waals surface area contributed by atoms with Crippen LogP contribution in [0, 0.1) is 0 Å². The van der Waals surface area contributed by atoms with Crippen LogP contribution in [0.25, 0.3) is 10.9 Å². The molecule has 1 atom stereocenters. The van der Waals surface area contributed by atoms with Gasteiger partial charge in [-0.2, -0.15) is 0 Å². The molecule has 0 bridgehead atoms. The molecular weight excluding hydrogens is 376 g/mol. The first-order valence-electron chi connectivity index (χ1n) is 7.94. The summed E-state index contributed by atoms with van der Waals surface area (Å²) in [4.78, 5) is 24.8. The highest BCUT2D eigenvalue weighted by Gasteiger charge is 2.32. The van der Waals surface area contributed by atoms with Gasteiger partial charge < -0.3 is 14.8 Å². The highest BCUT2D eigenvalue weighted by Crippen LogP contribution is 2.34. The van der Waals surface area contributed by atoms with Crippen molar-refractivity contribution >= 4 is 38.8 Å². The third-order valence-electron chi connectivity index (χ3n) is 4.48. The Balaban J connectivity index is 2.08. The normalized spacial score (nSPS) is 16.5. The average Bonchev–Trinajstić information content (AvgIpc) is 3.14. The molecule has 2 aromatic rings. The van der Waals surface area contributed by atoms with E-state index in [1.165, 1.54) is 0 Å².